The zero-order valence-electron chi connectivity index (χ0n) is 9.08. The molecule has 1 heterocycles. The summed E-state index contributed by atoms with van der Waals surface area (Å²) in [4.78, 5) is 15.4. The SMILES string of the molecule is NCCCCCC(=O)Nc1cccnc1Cl. The van der Waals surface area contributed by atoms with Gasteiger partial charge in [-0.05, 0) is 31.5 Å². The quantitative estimate of drug-likeness (QED) is 0.593. The third kappa shape index (κ3) is 4.59. The van der Waals surface area contributed by atoms with Crippen LogP contribution in [0.25, 0.3) is 0 Å². The lowest BCUT2D eigenvalue weighted by Gasteiger charge is -2.05. The molecule has 0 unspecified atom stereocenters. The topological polar surface area (TPSA) is 68.0 Å². The standard InChI is InChI=1S/C11H16ClN3O/c12-11-9(5-4-8-14-11)15-10(16)6-2-1-3-7-13/h4-5,8H,1-3,6-7,13H2,(H,15,16). The van der Waals surface area contributed by atoms with Gasteiger partial charge >= 0.3 is 0 Å². The lowest BCUT2D eigenvalue weighted by atomic mass is 10.2. The van der Waals surface area contributed by atoms with Crippen LogP contribution in [0.4, 0.5) is 5.69 Å². The number of halogens is 1. The minimum atomic E-state index is -0.0353. The second-order valence-electron chi connectivity index (χ2n) is 3.49. The largest absolute Gasteiger partial charge is 0.330 e. The van der Waals surface area contributed by atoms with E-state index in [1.165, 1.54) is 0 Å². The highest BCUT2D eigenvalue weighted by Crippen LogP contribution is 2.17. The summed E-state index contributed by atoms with van der Waals surface area (Å²) in [6, 6.07) is 3.46. The van der Waals surface area contributed by atoms with Gasteiger partial charge in [-0.25, -0.2) is 4.98 Å². The molecule has 4 nitrogen and oxygen atoms in total. The number of nitrogens with zero attached hydrogens (tertiary/aromatic N) is 1. The Balaban J connectivity index is 2.32. The van der Waals surface area contributed by atoms with Gasteiger partial charge in [0.15, 0.2) is 5.15 Å². The second-order valence-corrected chi connectivity index (χ2v) is 3.85. The molecule has 0 saturated heterocycles. The first-order chi connectivity index (χ1) is 7.74. The smallest absolute Gasteiger partial charge is 0.224 e. The van der Waals surface area contributed by atoms with E-state index in [1.54, 1.807) is 18.3 Å². The van der Waals surface area contributed by atoms with Crippen LogP contribution >= 0.6 is 11.6 Å². The van der Waals surface area contributed by atoms with Crippen molar-refractivity contribution in [1.29, 1.82) is 0 Å². The van der Waals surface area contributed by atoms with Crippen LogP contribution in [0.1, 0.15) is 25.7 Å². The van der Waals surface area contributed by atoms with Crippen LogP contribution in [0.5, 0.6) is 0 Å². The number of anilines is 1. The summed E-state index contributed by atoms with van der Waals surface area (Å²) < 4.78 is 0. The van der Waals surface area contributed by atoms with Crippen molar-refractivity contribution in [2.24, 2.45) is 5.73 Å². The van der Waals surface area contributed by atoms with Gasteiger partial charge in [0, 0.05) is 12.6 Å². The Hall–Kier alpha value is -1.13. The van der Waals surface area contributed by atoms with Gasteiger partial charge in [0.05, 0.1) is 5.69 Å². The number of nitrogens with one attached hydrogen (secondary N) is 1. The van der Waals surface area contributed by atoms with Gasteiger partial charge in [-0.15, -0.1) is 0 Å². The van der Waals surface area contributed by atoms with Crippen LogP contribution in [0.15, 0.2) is 18.3 Å². The molecule has 5 heteroatoms. The number of carbonyl (C=O) groups excluding carboxylic acids is 1. The van der Waals surface area contributed by atoms with Gasteiger partial charge in [-0.3, -0.25) is 4.79 Å². The van der Waals surface area contributed by atoms with E-state index in [4.69, 9.17) is 17.3 Å². The summed E-state index contributed by atoms with van der Waals surface area (Å²) >= 11 is 5.81. The summed E-state index contributed by atoms with van der Waals surface area (Å²) in [5, 5.41) is 3.04. The minimum absolute atomic E-state index is 0.0353. The summed E-state index contributed by atoms with van der Waals surface area (Å²) in [5.74, 6) is -0.0353. The van der Waals surface area contributed by atoms with Crippen molar-refractivity contribution < 1.29 is 4.79 Å². The van der Waals surface area contributed by atoms with Gasteiger partial charge in [0.1, 0.15) is 0 Å². The molecule has 0 radical (unpaired) electrons. The van der Waals surface area contributed by atoms with Crippen molar-refractivity contribution in [3.8, 4) is 0 Å². The number of pyridine rings is 1. The predicted molar refractivity (Wildman–Crippen MR) is 65.4 cm³/mol. The molecule has 16 heavy (non-hydrogen) atoms. The van der Waals surface area contributed by atoms with Gasteiger partial charge < -0.3 is 11.1 Å². The molecule has 1 aromatic rings. The number of unbranched alkanes of at least 4 members (excludes halogenated alkanes) is 2. The van der Waals surface area contributed by atoms with Crippen molar-refractivity contribution >= 4 is 23.2 Å². The van der Waals surface area contributed by atoms with Crippen LogP contribution in [0.2, 0.25) is 5.15 Å². The molecule has 3 N–H and O–H groups in total. The normalized spacial score (nSPS) is 10.1. The van der Waals surface area contributed by atoms with Gasteiger partial charge in [0.2, 0.25) is 5.91 Å². The molecule has 0 aliphatic heterocycles. The Morgan fingerprint density at radius 3 is 2.94 bits per heavy atom. The van der Waals surface area contributed by atoms with E-state index in [2.05, 4.69) is 10.3 Å². The summed E-state index contributed by atoms with van der Waals surface area (Å²) in [7, 11) is 0. The fourth-order valence-electron chi connectivity index (χ4n) is 1.30. The molecule has 0 aliphatic rings. The van der Waals surface area contributed by atoms with E-state index in [0.717, 1.165) is 19.3 Å². The minimum Gasteiger partial charge on any atom is -0.330 e. The number of nitrogens with two attached hydrogens (primary N) is 1. The van der Waals surface area contributed by atoms with Gasteiger partial charge in [-0.1, -0.05) is 18.0 Å². The van der Waals surface area contributed by atoms with Crippen molar-refractivity contribution in [1.82, 2.24) is 4.98 Å². The first-order valence-electron chi connectivity index (χ1n) is 5.34. The number of hydrogen-bond donors (Lipinski definition) is 2. The third-order valence-corrected chi connectivity index (χ3v) is 2.44. The molecule has 0 bridgehead atoms. The summed E-state index contributed by atoms with van der Waals surface area (Å²) in [6.07, 6.45) is 4.86. The molecular formula is C11H16ClN3O. The van der Waals surface area contributed by atoms with E-state index in [0.29, 0.717) is 23.8 Å². The molecule has 0 aromatic carbocycles. The fourth-order valence-corrected chi connectivity index (χ4v) is 1.47. The van der Waals surface area contributed by atoms with E-state index >= 15 is 0 Å². The highest BCUT2D eigenvalue weighted by Gasteiger charge is 2.05. The van der Waals surface area contributed by atoms with E-state index in [9.17, 15) is 4.79 Å². The third-order valence-electron chi connectivity index (χ3n) is 2.14. The fraction of sp³-hybridized carbons (Fsp3) is 0.455. The first-order valence-corrected chi connectivity index (χ1v) is 5.72. The predicted octanol–water partition coefficient (Wildman–Crippen LogP) is 2.19. The molecule has 88 valence electrons. The second kappa shape index (κ2) is 7.19. The average molecular weight is 242 g/mol. The van der Waals surface area contributed by atoms with Crippen LogP contribution in [0, 0.1) is 0 Å². The Kier molecular flexibility index (Phi) is 5.82. The van der Waals surface area contributed by atoms with Crippen molar-refractivity contribution in [2.75, 3.05) is 11.9 Å². The zero-order valence-corrected chi connectivity index (χ0v) is 9.83. The van der Waals surface area contributed by atoms with Crippen LogP contribution in [-0.2, 0) is 4.79 Å². The molecule has 0 spiro atoms. The van der Waals surface area contributed by atoms with Crippen LogP contribution in [0.3, 0.4) is 0 Å². The molecule has 0 fully saturated rings. The molecule has 1 aromatic heterocycles. The maximum Gasteiger partial charge on any atom is 0.224 e. The van der Waals surface area contributed by atoms with Gasteiger partial charge in [-0.2, -0.15) is 0 Å². The molecule has 1 rings (SSSR count). The lowest BCUT2D eigenvalue weighted by Crippen LogP contribution is -2.12. The number of carbonyl (C=O) groups is 1. The Morgan fingerprint density at radius 1 is 1.44 bits per heavy atom. The maximum absolute atomic E-state index is 11.5. The zero-order chi connectivity index (χ0) is 11.8. The molecule has 0 aliphatic carbocycles. The van der Waals surface area contributed by atoms with E-state index in [1.807, 2.05) is 0 Å². The van der Waals surface area contributed by atoms with E-state index in [-0.39, 0.29) is 5.91 Å². The van der Waals surface area contributed by atoms with Crippen molar-refractivity contribution in [3.63, 3.8) is 0 Å². The number of aromatic nitrogens is 1. The number of rotatable bonds is 6. The Morgan fingerprint density at radius 2 is 2.25 bits per heavy atom. The van der Waals surface area contributed by atoms with Gasteiger partial charge in [0.25, 0.3) is 0 Å². The first kappa shape index (κ1) is 12.9. The summed E-state index contributed by atoms with van der Waals surface area (Å²) in [5.41, 5.74) is 5.93. The number of hydrogen-bond acceptors (Lipinski definition) is 3. The maximum atomic E-state index is 11.5. The van der Waals surface area contributed by atoms with Crippen LogP contribution < -0.4 is 11.1 Å². The lowest BCUT2D eigenvalue weighted by molar-refractivity contribution is -0.116. The highest BCUT2D eigenvalue weighted by molar-refractivity contribution is 6.32. The Bertz CT molecular complexity index is 344. The van der Waals surface area contributed by atoms with Crippen molar-refractivity contribution in [3.05, 3.63) is 23.5 Å². The van der Waals surface area contributed by atoms with Crippen molar-refractivity contribution in [2.45, 2.75) is 25.7 Å². The monoisotopic (exact) mass is 241 g/mol. The molecule has 0 atom stereocenters. The average Bonchev–Trinajstić information content (AvgIpc) is 2.28. The molecule has 1 amide bonds. The van der Waals surface area contributed by atoms with Crippen LogP contribution in [-0.4, -0.2) is 17.4 Å². The number of amides is 1. The van der Waals surface area contributed by atoms with E-state index < -0.39 is 0 Å². The summed E-state index contributed by atoms with van der Waals surface area (Å²) in [6.45, 7) is 0.677. The molecular weight excluding hydrogens is 226 g/mol. The highest BCUT2D eigenvalue weighted by atomic mass is 35.5. The molecule has 0 saturated carbocycles. The Labute approximate surface area is 100 Å².